The zero-order valence-electron chi connectivity index (χ0n) is 12.6. The number of hydrogen-bond acceptors (Lipinski definition) is 2. The Morgan fingerprint density at radius 2 is 1.77 bits per heavy atom. The molecule has 0 radical (unpaired) electrons. The summed E-state index contributed by atoms with van der Waals surface area (Å²) in [5.74, 6) is -0.182. The average Bonchev–Trinajstić information content (AvgIpc) is 3.32. The summed E-state index contributed by atoms with van der Waals surface area (Å²) in [5, 5.41) is 3.42. The molecule has 3 rings (SSSR count). The normalized spacial score (nSPS) is 20.1. The lowest BCUT2D eigenvalue weighted by Gasteiger charge is -2.25. The molecule has 1 heterocycles. The third-order valence-corrected chi connectivity index (χ3v) is 4.80. The molecule has 0 aromatic heterocycles. The first kappa shape index (κ1) is 15.3. The van der Waals surface area contributed by atoms with Crippen LogP contribution in [0.15, 0.2) is 24.3 Å². The summed E-state index contributed by atoms with van der Waals surface area (Å²) in [4.78, 5) is 27.2. The van der Waals surface area contributed by atoms with E-state index in [1.54, 1.807) is 24.3 Å². The lowest BCUT2D eigenvalue weighted by Crippen LogP contribution is -2.43. The van der Waals surface area contributed by atoms with Crippen molar-refractivity contribution in [3.8, 4) is 0 Å². The summed E-state index contributed by atoms with van der Waals surface area (Å²) >= 11 is 5.93. The highest BCUT2D eigenvalue weighted by Crippen LogP contribution is 2.48. The first-order valence-corrected chi connectivity index (χ1v) is 8.36. The molecular formula is C17H21ClN2O2. The van der Waals surface area contributed by atoms with Crippen LogP contribution in [0.3, 0.4) is 0 Å². The van der Waals surface area contributed by atoms with E-state index in [9.17, 15) is 9.59 Å². The van der Waals surface area contributed by atoms with Crippen LogP contribution in [-0.2, 0) is 9.59 Å². The Balaban J connectivity index is 1.69. The van der Waals surface area contributed by atoms with Crippen molar-refractivity contribution in [2.24, 2.45) is 5.41 Å². The fourth-order valence-corrected chi connectivity index (χ4v) is 3.25. The molecule has 1 N–H and O–H groups in total. The first-order chi connectivity index (χ1) is 10.6. The van der Waals surface area contributed by atoms with Gasteiger partial charge in [0.2, 0.25) is 11.8 Å². The van der Waals surface area contributed by atoms with Crippen molar-refractivity contribution in [2.45, 2.75) is 38.5 Å². The van der Waals surface area contributed by atoms with Gasteiger partial charge in [0.1, 0.15) is 5.41 Å². The second-order valence-electron chi connectivity index (χ2n) is 6.25. The van der Waals surface area contributed by atoms with Crippen molar-refractivity contribution < 1.29 is 9.59 Å². The highest BCUT2D eigenvalue weighted by molar-refractivity contribution is 6.31. The molecule has 118 valence electrons. The zero-order chi connectivity index (χ0) is 15.6. The molecule has 0 bridgehead atoms. The SMILES string of the molecule is O=C(Nc1cccc(Cl)c1)C1(C(=O)N2CCCCCC2)CC1. The number of nitrogens with one attached hydrogen (secondary N) is 1. The van der Waals surface area contributed by atoms with Gasteiger partial charge in [0.05, 0.1) is 0 Å². The van der Waals surface area contributed by atoms with Gasteiger partial charge in [-0.05, 0) is 43.9 Å². The van der Waals surface area contributed by atoms with Gasteiger partial charge < -0.3 is 10.2 Å². The number of carbonyl (C=O) groups excluding carboxylic acids is 2. The maximum Gasteiger partial charge on any atom is 0.240 e. The molecule has 1 aromatic rings. The maximum absolute atomic E-state index is 12.8. The van der Waals surface area contributed by atoms with Crippen LogP contribution < -0.4 is 5.32 Å². The number of nitrogens with zero attached hydrogens (tertiary/aromatic N) is 1. The Morgan fingerprint density at radius 1 is 1.09 bits per heavy atom. The third kappa shape index (κ3) is 3.12. The molecule has 2 amide bonds. The molecule has 22 heavy (non-hydrogen) atoms. The molecule has 0 unspecified atom stereocenters. The molecule has 1 aliphatic heterocycles. The maximum atomic E-state index is 12.8. The quantitative estimate of drug-likeness (QED) is 0.867. The van der Waals surface area contributed by atoms with E-state index in [1.807, 2.05) is 4.90 Å². The molecule has 5 heteroatoms. The summed E-state index contributed by atoms with van der Waals surface area (Å²) in [6.45, 7) is 1.57. The Morgan fingerprint density at radius 3 is 2.36 bits per heavy atom. The summed E-state index contributed by atoms with van der Waals surface area (Å²) in [5.41, 5.74) is -0.195. The van der Waals surface area contributed by atoms with E-state index in [1.165, 1.54) is 12.8 Å². The summed E-state index contributed by atoms with van der Waals surface area (Å²) in [6.07, 6.45) is 5.72. The van der Waals surface area contributed by atoms with E-state index in [4.69, 9.17) is 11.6 Å². The highest BCUT2D eigenvalue weighted by atomic mass is 35.5. The van der Waals surface area contributed by atoms with Gasteiger partial charge in [-0.25, -0.2) is 0 Å². The van der Waals surface area contributed by atoms with Gasteiger partial charge in [-0.3, -0.25) is 9.59 Å². The zero-order valence-corrected chi connectivity index (χ0v) is 13.4. The second kappa shape index (κ2) is 6.29. The number of benzene rings is 1. The highest BCUT2D eigenvalue weighted by Gasteiger charge is 2.57. The predicted molar refractivity (Wildman–Crippen MR) is 86.8 cm³/mol. The Labute approximate surface area is 135 Å². The van der Waals surface area contributed by atoms with Crippen molar-refractivity contribution in [3.05, 3.63) is 29.3 Å². The van der Waals surface area contributed by atoms with Gasteiger partial charge in [0, 0.05) is 23.8 Å². The summed E-state index contributed by atoms with van der Waals surface area (Å²) < 4.78 is 0. The van der Waals surface area contributed by atoms with Gasteiger partial charge in [0.15, 0.2) is 0 Å². The predicted octanol–water partition coefficient (Wildman–Crippen LogP) is 3.46. The Kier molecular flexibility index (Phi) is 4.39. The monoisotopic (exact) mass is 320 g/mol. The average molecular weight is 321 g/mol. The van der Waals surface area contributed by atoms with Gasteiger partial charge in [-0.15, -0.1) is 0 Å². The minimum atomic E-state index is -0.841. The molecule has 0 spiro atoms. The molecule has 0 atom stereocenters. The number of hydrogen-bond donors (Lipinski definition) is 1. The minimum absolute atomic E-state index is 0.00827. The molecule has 2 aliphatic rings. The molecule has 1 saturated heterocycles. The van der Waals surface area contributed by atoms with Crippen LogP contribution >= 0.6 is 11.6 Å². The molecule has 4 nitrogen and oxygen atoms in total. The smallest absolute Gasteiger partial charge is 0.240 e. The number of rotatable bonds is 3. The third-order valence-electron chi connectivity index (χ3n) is 4.57. The van der Waals surface area contributed by atoms with Crippen molar-refractivity contribution >= 4 is 29.1 Å². The lowest BCUT2D eigenvalue weighted by atomic mass is 10.0. The molecule has 1 aliphatic carbocycles. The molecular weight excluding hydrogens is 300 g/mol. The Hall–Kier alpha value is -1.55. The van der Waals surface area contributed by atoms with E-state index < -0.39 is 5.41 Å². The molecule has 1 saturated carbocycles. The van der Waals surface area contributed by atoms with Gasteiger partial charge in [-0.1, -0.05) is 30.5 Å². The van der Waals surface area contributed by atoms with Crippen LogP contribution in [0.25, 0.3) is 0 Å². The standard InChI is InChI=1S/C17H21ClN2O2/c18-13-6-5-7-14(12-13)19-15(21)17(8-9-17)16(22)20-10-3-1-2-4-11-20/h5-7,12H,1-4,8-11H2,(H,19,21). The van der Waals surface area contributed by atoms with Gasteiger partial charge in [-0.2, -0.15) is 0 Å². The van der Waals surface area contributed by atoms with E-state index in [0.717, 1.165) is 25.9 Å². The fourth-order valence-electron chi connectivity index (χ4n) is 3.06. The second-order valence-corrected chi connectivity index (χ2v) is 6.69. The van der Waals surface area contributed by atoms with Crippen molar-refractivity contribution in [3.63, 3.8) is 0 Å². The van der Waals surface area contributed by atoms with Crippen molar-refractivity contribution in [2.75, 3.05) is 18.4 Å². The first-order valence-electron chi connectivity index (χ1n) is 7.98. The number of likely N-dealkylation sites (tertiary alicyclic amines) is 1. The van der Waals surface area contributed by atoms with Crippen molar-refractivity contribution in [1.29, 1.82) is 0 Å². The molecule has 2 fully saturated rings. The van der Waals surface area contributed by atoms with Crippen LogP contribution in [0.4, 0.5) is 5.69 Å². The fraction of sp³-hybridized carbons (Fsp3) is 0.529. The Bertz CT molecular complexity index is 576. The van der Waals surface area contributed by atoms with Crippen LogP contribution in [0.5, 0.6) is 0 Å². The minimum Gasteiger partial charge on any atom is -0.342 e. The van der Waals surface area contributed by atoms with Crippen LogP contribution in [0.2, 0.25) is 5.02 Å². The van der Waals surface area contributed by atoms with Crippen LogP contribution in [0, 0.1) is 5.41 Å². The van der Waals surface area contributed by atoms with Gasteiger partial charge in [0.25, 0.3) is 0 Å². The molecule has 1 aromatic carbocycles. The largest absolute Gasteiger partial charge is 0.342 e. The number of halogens is 1. The lowest BCUT2D eigenvalue weighted by molar-refractivity contribution is -0.142. The topological polar surface area (TPSA) is 49.4 Å². The van der Waals surface area contributed by atoms with E-state index >= 15 is 0 Å². The van der Waals surface area contributed by atoms with Crippen molar-refractivity contribution in [1.82, 2.24) is 4.90 Å². The van der Waals surface area contributed by atoms with Gasteiger partial charge >= 0.3 is 0 Å². The number of amides is 2. The summed E-state index contributed by atoms with van der Waals surface area (Å²) in [6, 6.07) is 7.03. The number of carbonyl (C=O) groups is 2. The van der Waals surface area contributed by atoms with Crippen LogP contribution in [-0.4, -0.2) is 29.8 Å². The van der Waals surface area contributed by atoms with E-state index in [0.29, 0.717) is 23.6 Å². The van der Waals surface area contributed by atoms with E-state index in [2.05, 4.69) is 5.32 Å². The number of anilines is 1. The van der Waals surface area contributed by atoms with E-state index in [-0.39, 0.29) is 11.8 Å². The van der Waals surface area contributed by atoms with Crippen LogP contribution in [0.1, 0.15) is 38.5 Å². The summed E-state index contributed by atoms with van der Waals surface area (Å²) in [7, 11) is 0.